The van der Waals surface area contributed by atoms with Crippen molar-refractivity contribution in [3.8, 4) is 0 Å². The van der Waals surface area contributed by atoms with Gasteiger partial charge < -0.3 is 14.6 Å². The van der Waals surface area contributed by atoms with Crippen LogP contribution in [-0.4, -0.2) is 19.0 Å². The highest BCUT2D eigenvalue weighted by Gasteiger charge is 2.21. The fourth-order valence-electron chi connectivity index (χ4n) is 3.40. The first-order valence-corrected chi connectivity index (χ1v) is 9.27. The summed E-state index contributed by atoms with van der Waals surface area (Å²) < 4.78 is 6.77. The number of halogens is 1. The molecule has 1 amide bonds. The molecular formula is C20H19BrN2O2. The molecule has 0 bridgehead atoms. The number of para-hydroxylation sites is 2. The largest absolute Gasteiger partial charge is 0.451 e. The van der Waals surface area contributed by atoms with Crippen molar-refractivity contribution in [2.24, 2.45) is 0 Å². The summed E-state index contributed by atoms with van der Waals surface area (Å²) in [6, 6.07) is 13.7. The average molecular weight is 399 g/mol. The van der Waals surface area contributed by atoms with E-state index in [0.717, 1.165) is 45.5 Å². The van der Waals surface area contributed by atoms with Crippen LogP contribution < -0.4 is 10.2 Å². The van der Waals surface area contributed by atoms with Crippen molar-refractivity contribution in [3.05, 3.63) is 58.3 Å². The zero-order valence-electron chi connectivity index (χ0n) is 14.0. The first-order chi connectivity index (χ1) is 12.1. The molecule has 2 heterocycles. The summed E-state index contributed by atoms with van der Waals surface area (Å²) in [6.45, 7) is 3.98. The van der Waals surface area contributed by atoms with Crippen molar-refractivity contribution < 1.29 is 9.21 Å². The SMILES string of the molecule is Cc1c(C(=O)Nc2ccccc2N2CCCC2)oc2ccc(Br)cc12. The Bertz CT molecular complexity index is 942. The van der Waals surface area contributed by atoms with Crippen LogP contribution in [0.2, 0.25) is 0 Å². The van der Waals surface area contributed by atoms with E-state index in [-0.39, 0.29) is 5.91 Å². The maximum atomic E-state index is 12.8. The minimum atomic E-state index is -0.212. The molecule has 5 heteroatoms. The fraction of sp³-hybridized carbons (Fsp3) is 0.250. The van der Waals surface area contributed by atoms with Crippen molar-refractivity contribution in [2.75, 3.05) is 23.3 Å². The minimum absolute atomic E-state index is 0.212. The van der Waals surface area contributed by atoms with E-state index in [0.29, 0.717) is 5.76 Å². The van der Waals surface area contributed by atoms with Crippen molar-refractivity contribution in [3.63, 3.8) is 0 Å². The van der Waals surface area contributed by atoms with Gasteiger partial charge in [-0.3, -0.25) is 4.79 Å². The maximum absolute atomic E-state index is 12.8. The van der Waals surface area contributed by atoms with Crippen molar-refractivity contribution in [1.29, 1.82) is 0 Å². The van der Waals surface area contributed by atoms with Crippen LogP contribution in [0.4, 0.5) is 11.4 Å². The van der Waals surface area contributed by atoms with Gasteiger partial charge in [-0.2, -0.15) is 0 Å². The fourth-order valence-corrected chi connectivity index (χ4v) is 3.76. The Morgan fingerprint density at radius 2 is 1.92 bits per heavy atom. The van der Waals surface area contributed by atoms with Crippen LogP contribution in [0.25, 0.3) is 11.0 Å². The van der Waals surface area contributed by atoms with Gasteiger partial charge >= 0.3 is 0 Å². The van der Waals surface area contributed by atoms with Crippen LogP contribution in [0.5, 0.6) is 0 Å². The molecule has 0 atom stereocenters. The molecule has 1 aliphatic heterocycles. The van der Waals surface area contributed by atoms with Crippen LogP contribution in [0.3, 0.4) is 0 Å². The molecule has 1 N–H and O–H groups in total. The van der Waals surface area contributed by atoms with Crippen LogP contribution in [-0.2, 0) is 0 Å². The number of carbonyl (C=O) groups excluding carboxylic acids is 1. The molecule has 4 nitrogen and oxygen atoms in total. The van der Waals surface area contributed by atoms with Gasteiger partial charge in [0.25, 0.3) is 5.91 Å². The van der Waals surface area contributed by atoms with E-state index in [4.69, 9.17) is 4.42 Å². The number of anilines is 2. The van der Waals surface area contributed by atoms with Crippen molar-refractivity contribution >= 4 is 44.2 Å². The van der Waals surface area contributed by atoms with Gasteiger partial charge in [-0.1, -0.05) is 28.1 Å². The third-order valence-corrected chi connectivity index (χ3v) is 5.20. The van der Waals surface area contributed by atoms with Gasteiger partial charge in [0, 0.05) is 28.5 Å². The Balaban J connectivity index is 1.66. The molecule has 1 aromatic heterocycles. The number of nitrogens with zero attached hydrogens (tertiary/aromatic N) is 1. The number of aryl methyl sites for hydroxylation is 1. The normalized spacial score (nSPS) is 14.2. The molecule has 0 spiro atoms. The van der Waals surface area contributed by atoms with Gasteiger partial charge in [0.05, 0.1) is 11.4 Å². The summed E-state index contributed by atoms with van der Waals surface area (Å²) >= 11 is 3.47. The van der Waals surface area contributed by atoms with E-state index in [2.05, 4.69) is 32.2 Å². The Morgan fingerprint density at radius 1 is 1.16 bits per heavy atom. The number of amides is 1. The number of nitrogens with one attached hydrogen (secondary N) is 1. The number of carbonyl (C=O) groups is 1. The molecule has 1 saturated heterocycles. The molecule has 0 unspecified atom stereocenters. The van der Waals surface area contributed by atoms with E-state index < -0.39 is 0 Å². The Morgan fingerprint density at radius 3 is 2.72 bits per heavy atom. The summed E-state index contributed by atoms with van der Waals surface area (Å²) in [7, 11) is 0. The van der Waals surface area contributed by atoms with Gasteiger partial charge in [0.15, 0.2) is 5.76 Å². The third-order valence-electron chi connectivity index (χ3n) is 4.70. The predicted molar refractivity (Wildman–Crippen MR) is 104 cm³/mol. The summed E-state index contributed by atoms with van der Waals surface area (Å²) in [6.07, 6.45) is 2.39. The number of rotatable bonds is 3. The van der Waals surface area contributed by atoms with Crippen molar-refractivity contribution in [1.82, 2.24) is 0 Å². The minimum Gasteiger partial charge on any atom is -0.451 e. The molecule has 0 radical (unpaired) electrons. The van der Waals surface area contributed by atoms with E-state index in [9.17, 15) is 4.79 Å². The Kier molecular flexibility index (Phi) is 4.25. The number of furan rings is 1. The molecule has 0 aliphatic carbocycles. The number of fused-ring (bicyclic) bond motifs is 1. The van der Waals surface area contributed by atoms with Gasteiger partial charge in [-0.25, -0.2) is 0 Å². The van der Waals surface area contributed by atoms with Crippen LogP contribution in [0.1, 0.15) is 29.0 Å². The Labute approximate surface area is 154 Å². The molecule has 2 aromatic carbocycles. The summed E-state index contributed by atoms with van der Waals surface area (Å²) in [5.74, 6) is 0.154. The van der Waals surface area contributed by atoms with E-state index in [1.165, 1.54) is 12.8 Å². The van der Waals surface area contributed by atoms with Gasteiger partial charge in [-0.15, -0.1) is 0 Å². The van der Waals surface area contributed by atoms with Crippen molar-refractivity contribution in [2.45, 2.75) is 19.8 Å². The average Bonchev–Trinajstić information content (AvgIpc) is 3.24. The molecular weight excluding hydrogens is 380 g/mol. The third kappa shape index (κ3) is 3.04. The summed E-state index contributed by atoms with van der Waals surface area (Å²) in [4.78, 5) is 15.1. The zero-order valence-corrected chi connectivity index (χ0v) is 15.6. The Hall–Kier alpha value is -2.27. The summed E-state index contributed by atoms with van der Waals surface area (Å²) in [5.41, 5.74) is 3.48. The lowest BCUT2D eigenvalue weighted by Gasteiger charge is -2.21. The molecule has 3 aromatic rings. The van der Waals surface area contributed by atoms with Crippen LogP contribution in [0, 0.1) is 6.92 Å². The van der Waals surface area contributed by atoms with E-state index in [1.807, 2.05) is 43.3 Å². The maximum Gasteiger partial charge on any atom is 0.291 e. The first kappa shape index (κ1) is 16.2. The lowest BCUT2D eigenvalue weighted by atomic mass is 10.1. The topological polar surface area (TPSA) is 45.5 Å². The lowest BCUT2D eigenvalue weighted by molar-refractivity contribution is 0.0998. The van der Waals surface area contributed by atoms with E-state index in [1.54, 1.807) is 0 Å². The highest BCUT2D eigenvalue weighted by atomic mass is 79.9. The molecule has 128 valence electrons. The van der Waals surface area contributed by atoms with Gasteiger partial charge in [0.1, 0.15) is 5.58 Å². The summed E-state index contributed by atoms with van der Waals surface area (Å²) in [5, 5.41) is 3.99. The molecule has 25 heavy (non-hydrogen) atoms. The second-order valence-electron chi connectivity index (χ2n) is 6.36. The van der Waals surface area contributed by atoms with Gasteiger partial charge in [0.2, 0.25) is 0 Å². The standard InChI is InChI=1S/C20H19BrN2O2/c1-13-15-12-14(21)8-9-18(15)25-19(13)20(24)22-16-6-2-3-7-17(16)23-10-4-5-11-23/h2-3,6-9,12H,4-5,10-11H2,1H3,(H,22,24). The van der Waals surface area contributed by atoms with E-state index >= 15 is 0 Å². The molecule has 1 fully saturated rings. The number of benzene rings is 2. The molecule has 0 saturated carbocycles. The van der Waals surface area contributed by atoms with Gasteiger partial charge in [-0.05, 0) is 50.1 Å². The number of hydrogen-bond donors (Lipinski definition) is 1. The van der Waals surface area contributed by atoms with Crippen LogP contribution >= 0.6 is 15.9 Å². The second kappa shape index (κ2) is 6.56. The predicted octanol–water partition coefficient (Wildman–Crippen LogP) is 5.36. The monoisotopic (exact) mass is 398 g/mol. The quantitative estimate of drug-likeness (QED) is 0.645. The van der Waals surface area contributed by atoms with Crippen LogP contribution in [0.15, 0.2) is 51.4 Å². The first-order valence-electron chi connectivity index (χ1n) is 8.47. The zero-order chi connectivity index (χ0) is 17.4. The lowest BCUT2D eigenvalue weighted by Crippen LogP contribution is -2.21. The highest BCUT2D eigenvalue weighted by molar-refractivity contribution is 9.10. The number of hydrogen-bond acceptors (Lipinski definition) is 3. The highest BCUT2D eigenvalue weighted by Crippen LogP contribution is 2.31. The molecule has 1 aliphatic rings. The smallest absolute Gasteiger partial charge is 0.291 e. The second-order valence-corrected chi connectivity index (χ2v) is 7.28. The molecule has 4 rings (SSSR count).